The van der Waals surface area contributed by atoms with E-state index in [2.05, 4.69) is 10.3 Å². The van der Waals surface area contributed by atoms with E-state index in [9.17, 15) is 4.79 Å². The summed E-state index contributed by atoms with van der Waals surface area (Å²) in [6, 6.07) is 0. The number of aliphatic hydroxyl groups excluding tert-OH is 1. The Labute approximate surface area is 63.1 Å². The highest BCUT2D eigenvalue weighted by atomic mass is 16.4. The van der Waals surface area contributed by atoms with Crippen LogP contribution in [0.1, 0.15) is 6.92 Å². The van der Waals surface area contributed by atoms with Crippen molar-refractivity contribution in [3.63, 3.8) is 0 Å². The van der Waals surface area contributed by atoms with E-state index in [1.807, 2.05) is 0 Å². The van der Waals surface area contributed by atoms with Crippen LogP contribution in [0, 0.1) is 0 Å². The Bertz CT molecular complexity index is 244. The summed E-state index contributed by atoms with van der Waals surface area (Å²) in [5.74, 6) is -0.663. The van der Waals surface area contributed by atoms with Crippen LogP contribution in [0.25, 0.3) is 0 Å². The van der Waals surface area contributed by atoms with Gasteiger partial charge in [-0.25, -0.2) is 9.79 Å². The Morgan fingerprint density at radius 2 is 2.45 bits per heavy atom. The van der Waals surface area contributed by atoms with Gasteiger partial charge >= 0.3 is 5.97 Å². The van der Waals surface area contributed by atoms with Gasteiger partial charge in [0.2, 0.25) is 0 Å². The lowest BCUT2D eigenvalue weighted by Crippen LogP contribution is -2.28. The summed E-state index contributed by atoms with van der Waals surface area (Å²) in [6.45, 7) is 1.64. The summed E-state index contributed by atoms with van der Waals surface area (Å²) >= 11 is 0. The molecule has 5 nitrogen and oxygen atoms in total. The van der Waals surface area contributed by atoms with Gasteiger partial charge in [0.15, 0.2) is 6.23 Å². The van der Waals surface area contributed by atoms with Crippen LogP contribution in [-0.2, 0) is 4.79 Å². The van der Waals surface area contributed by atoms with Crippen molar-refractivity contribution in [3.05, 3.63) is 11.8 Å². The standard InChI is InChI=1S/C6H8N2O3/c1-3-7-2-4(6(10)11)5(9)8-3/h2,5,9H,1H3,(H,7,8)(H,10,11)/t5-/m1/s1. The van der Waals surface area contributed by atoms with Crippen LogP contribution in [0.4, 0.5) is 0 Å². The summed E-state index contributed by atoms with van der Waals surface area (Å²) in [4.78, 5) is 13.9. The average Bonchev–Trinajstić information content (AvgIpc) is 1.85. The zero-order valence-corrected chi connectivity index (χ0v) is 5.90. The predicted molar refractivity (Wildman–Crippen MR) is 38.0 cm³/mol. The third-order valence-electron chi connectivity index (χ3n) is 1.28. The van der Waals surface area contributed by atoms with E-state index >= 15 is 0 Å². The van der Waals surface area contributed by atoms with Crippen molar-refractivity contribution in [1.29, 1.82) is 0 Å². The van der Waals surface area contributed by atoms with E-state index in [0.29, 0.717) is 5.84 Å². The highest BCUT2D eigenvalue weighted by molar-refractivity contribution is 5.91. The molecule has 0 aromatic heterocycles. The Hall–Kier alpha value is -1.36. The lowest BCUT2D eigenvalue weighted by atomic mass is 10.2. The van der Waals surface area contributed by atoms with E-state index in [1.165, 1.54) is 6.20 Å². The second-order valence-corrected chi connectivity index (χ2v) is 2.14. The number of rotatable bonds is 1. The van der Waals surface area contributed by atoms with Crippen molar-refractivity contribution in [2.75, 3.05) is 0 Å². The van der Waals surface area contributed by atoms with Gasteiger partial charge in [-0.05, 0) is 6.92 Å². The summed E-state index contributed by atoms with van der Waals surface area (Å²) in [5, 5.41) is 20.1. The fourth-order valence-electron chi connectivity index (χ4n) is 0.719. The molecule has 0 aromatic rings. The molecule has 1 aliphatic rings. The molecule has 0 saturated heterocycles. The number of carboxylic acids is 1. The fraction of sp³-hybridized carbons (Fsp3) is 0.333. The second kappa shape index (κ2) is 2.71. The van der Waals surface area contributed by atoms with Gasteiger partial charge in [-0.1, -0.05) is 0 Å². The van der Waals surface area contributed by atoms with E-state index in [-0.39, 0.29) is 5.57 Å². The number of carboxylic acid groups (broad SMARTS) is 1. The molecular weight excluding hydrogens is 148 g/mol. The number of aliphatic carboxylic acids is 1. The number of amidine groups is 1. The van der Waals surface area contributed by atoms with E-state index in [0.717, 1.165) is 0 Å². The van der Waals surface area contributed by atoms with Crippen LogP contribution < -0.4 is 5.32 Å². The Morgan fingerprint density at radius 3 is 2.91 bits per heavy atom. The first-order valence-corrected chi connectivity index (χ1v) is 3.03. The number of aliphatic imine (C=N–C) groups is 1. The molecule has 0 aromatic carbocycles. The first kappa shape index (κ1) is 7.74. The third kappa shape index (κ3) is 1.56. The van der Waals surface area contributed by atoms with Gasteiger partial charge in [0.1, 0.15) is 11.4 Å². The lowest BCUT2D eigenvalue weighted by Gasteiger charge is -2.13. The molecule has 1 aliphatic heterocycles. The zero-order chi connectivity index (χ0) is 8.43. The van der Waals surface area contributed by atoms with Crippen LogP contribution in [0.2, 0.25) is 0 Å². The molecule has 0 radical (unpaired) electrons. The van der Waals surface area contributed by atoms with Crippen molar-refractivity contribution in [2.24, 2.45) is 4.99 Å². The maximum atomic E-state index is 10.3. The summed E-state index contributed by atoms with van der Waals surface area (Å²) in [6.07, 6.45) is -0.0104. The fourth-order valence-corrected chi connectivity index (χ4v) is 0.719. The van der Waals surface area contributed by atoms with Gasteiger partial charge in [0.05, 0.1) is 0 Å². The SMILES string of the molecule is CC1=N[C@H](O)C(C(=O)O)=CN1. The van der Waals surface area contributed by atoms with Gasteiger partial charge < -0.3 is 15.5 Å². The van der Waals surface area contributed by atoms with Gasteiger partial charge in [-0.3, -0.25) is 0 Å². The Morgan fingerprint density at radius 1 is 1.82 bits per heavy atom. The predicted octanol–water partition coefficient (Wildman–Crippen LogP) is -0.705. The zero-order valence-electron chi connectivity index (χ0n) is 5.90. The minimum absolute atomic E-state index is 0.143. The summed E-state index contributed by atoms with van der Waals surface area (Å²) in [5.41, 5.74) is -0.143. The molecule has 0 bridgehead atoms. The molecule has 5 heteroatoms. The Balaban J connectivity index is 2.80. The molecular formula is C6H8N2O3. The van der Waals surface area contributed by atoms with Crippen LogP contribution in [0.15, 0.2) is 16.8 Å². The highest BCUT2D eigenvalue weighted by Gasteiger charge is 2.19. The molecule has 0 unspecified atom stereocenters. The number of hydrogen-bond donors (Lipinski definition) is 3. The normalized spacial score (nSPS) is 23.3. The topological polar surface area (TPSA) is 81.9 Å². The molecule has 0 aliphatic carbocycles. The monoisotopic (exact) mass is 156 g/mol. The van der Waals surface area contributed by atoms with Crippen molar-refractivity contribution in [2.45, 2.75) is 13.2 Å². The van der Waals surface area contributed by atoms with E-state index in [4.69, 9.17) is 10.2 Å². The number of carbonyl (C=O) groups is 1. The van der Waals surface area contributed by atoms with Gasteiger partial charge in [0, 0.05) is 6.20 Å². The smallest absolute Gasteiger partial charge is 0.337 e. The third-order valence-corrected chi connectivity index (χ3v) is 1.28. The van der Waals surface area contributed by atoms with Gasteiger partial charge in [0.25, 0.3) is 0 Å². The van der Waals surface area contributed by atoms with Crippen molar-refractivity contribution >= 4 is 11.8 Å². The Kier molecular flexibility index (Phi) is 1.91. The largest absolute Gasteiger partial charge is 0.478 e. The van der Waals surface area contributed by atoms with E-state index < -0.39 is 12.2 Å². The first-order valence-electron chi connectivity index (χ1n) is 3.03. The number of nitrogens with one attached hydrogen (secondary N) is 1. The van der Waals surface area contributed by atoms with Crippen LogP contribution in [-0.4, -0.2) is 28.2 Å². The van der Waals surface area contributed by atoms with E-state index in [1.54, 1.807) is 6.92 Å². The van der Waals surface area contributed by atoms with Gasteiger partial charge in [-0.15, -0.1) is 0 Å². The van der Waals surface area contributed by atoms with Crippen LogP contribution >= 0.6 is 0 Å². The number of hydrogen-bond acceptors (Lipinski definition) is 4. The molecule has 0 amide bonds. The molecule has 11 heavy (non-hydrogen) atoms. The van der Waals surface area contributed by atoms with Crippen molar-refractivity contribution in [3.8, 4) is 0 Å². The molecule has 1 heterocycles. The van der Waals surface area contributed by atoms with Crippen molar-refractivity contribution in [1.82, 2.24) is 5.32 Å². The molecule has 1 rings (SSSR count). The minimum atomic E-state index is -1.24. The average molecular weight is 156 g/mol. The van der Waals surface area contributed by atoms with Crippen LogP contribution in [0.3, 0.4) is 0 Å². The molecule has 0 fully saturated rings. The van der Waals surface area contributed by atoms with Gasteiger partial charge in [-0.2, -0.15) is 0 Å². The number of aliphatic hydroxyl groups is 1. The second-order valence-electron chi connectivity index (χ2n) is 2.14. The molecule has 1 atom stereocenters. The maximum Gasteiger partial charge on any atom is 0.337 e. The minimum Gasteiger partial charge on any atom is -0.478 e. The quantitative estimate of drug-likeness (QED) is 0.468. The molecule has 3 N–H and O–H groups in total. The van der Waals surface area contributed by atoms with Crippen molar-refractivity contribution < 1.29 is 15.0 Å². The first-order chi connectivity index (χ1) is 5.11. The highest BCUT2D eigenvalue weighted by Crippen LogP contribution is 2.06. The molecule has 60 valence electrons. The summed E-state index contributed by atoms with van der Waals surface area (Å²) in [7, 11) is 0. The maximum absolute atomic E-state index is 10.3. The lowest BCUT2D eigenvalue weighted by molar-refractivity contribution is -0.133. The molecule has 0 spiro atoms. The molecule has 0 saturated carbocycles. The summed E-state index contributed by atoms with van der Waals surface area (Å²) < 4.78 is 0. The van der Waals surface area contributed by atoms with Crippen LogP contribution in [0.5, 0.6) is 0 Å². The number of nitrogens with zero attached hydrogens (tertiary/aromatic N) is 1.